The van der Waals surface area contributed by atoms with Gasteiger partial charge in [-0.25, -0.2) is 4.39 Å². The van der Waals surface area contributed by atoms with Crippen LogP contribution in [0.2, 0.25) is 0 Å². The minimum absolute atomic E-state index is 0.000974. The highest BCUT2D eigenvalue weighted by Crippen LogP contribution is 2.51. The summed E-state index contributed by atoms with van der Waals surface area (Å²) < 4.78 is 20.0. The van der Waals surface area contributed by atoms with Gasteiger partial charge in [0.2, 0.25) is 11.8 Å². The third-order valence-electron chi connectivity index (χ3n) is 8.55. The van der Waals surface area contributed by atoms with Crippen LogP contribution in [-0.4, -0.2) is 53.8 Å². The van der Waals surface area contributed by atoms with Crippen molar-refractivity contribution in [1.82, 2.24) is 10.2 Å². The van der Waals surface area contributed by atoms with Gasteiger partial charge < -0.3 is 20.3 Å². The van der Waals surface area contributed by atoms with E-state index >= 15 is 0 Å². The molecule has 1 unspecified atom stereocenters. The third kappa shape index (κ3) is 4.17. The van der Waals surface area contributed by atoms with Crippen LogP contribution in [-0.2, 0) is 16.1 Å². The Labute approximate surface area is 219 Å². The molecule has 38 heavy (non-hydrogen) atoms. The van der Waals surface area contributed by atoms with Crippen LogP contribution in [0.15, 0.2) is 36.4 Å². The van der Waals surface area contributed by atoms with Gasteiger partial charge in [-0.1, -0.05) is 6.07 Å². The standard InChI is InChI=1S/C28H29FN4O5/c29-21-12-16(4-5-19(21)25(30)35)38-17-13-28(14-17)8-10-32(11-9-28)22-3-1-2-18-20(22)15-33(27(18)37)23-6-7-24(34)31-26(23)36/h1-5,12,17,23H,6-11,13-15H2,(H2,30,35)(H,31,34,36). The first-order valence-corrected chi connectivity index (χ1v) is 13.0. The quantitative estimate of drug-likeness (QED) is 0.585. The summed E-state index contributed by atoms with van der Waals surface area (Å²) >= 11 is 0. The molecule has 9 nitrogen and oxygen atoms in total. The molecular weight excluding hydrogens is 491 g/mol. The van der Waals surface area contributed by atoms with E-state index in [0.29, 0.717) is 24.3 Å². The topological polar surface area (TPSA) is 122 Å². The molecule has 0 bridgehead atoms. The molecule has 1 aliphatic carbocycles. The van der Waals surface area contributed by atoms with E-state index in [2.05, 4.69) is 10.2 Å². The number of ether oxygens (including phenoxy) is 1. The van der Waals surface area contributed by atoms with E-state index in [4.69, 9.17) is 10.5 Å². The van der Waals surface area contributed by atoms with Gasteiger partial charge in [0.05, 0.1) is 11.7 Å². The molecule has 0 aromatic heterocycles. The molecule has 3 aliphatic heterocycles. The Morgan fingerprint density at radius 1 is 1.11 bits per heavy atom. The largest absolute Gasteiger partial charge is 0.490 e. The molecule has 198 valence electrons. The van der Waals surface area contributed by atoms with Crippen molar-refractivity contribution in [2.45, 2.75) is 57.2 Å². The minimum Gasteiger partial charge on any atom is -0.490 e. The average Bonchev–Trinajstić information content (AvgIpc) is 3.20. The molecule has 3 heterocycles. The summed E-state index contributed by atoms with van der Waals surface area (Å²) in [7, 11) is 0. The lowest BCUT2D eigenvalue weighted by molar-refractivity contribution is -0.136. The Hall–Kier alpha value is -3.95. The van der Waals surface area contributed by atoms with Crippen LogP contribution in [0.4, 0.5) is 10.1 Å². The van der Waals surface area contributed by atoms with Crippen LogP contribution in [0.3, 0.4) is 0 Å². The van der Waals surface area contributed by atoms with Crippen LogP contribution < -0.4 is 20.7 Å². The summed E-state index contributed by atoms with van der Waals surface area (Å²) in [6, 6.07) is 9.25. The lowest BCUT2D eigenvalue weighted by Gasteiger charge is -2.52. The molecule has 3 N–H and O–H groups in total. The molecule has 1 saturated carbocycles. The fourth-order valence-electron chi connectivity index (χ4n) is 6.45. The summed E-state index contributed by atoms with van der Waals surface area (Å²) in [5.74, 6) is -1.95. The van der Waals surface area contributed by atoms with E-state index in [9.17, 15) is 23.6 Å². The number of hydrogen-bond donors (Lipinski definition) is 2. The highest BCUT2D eigenvalue weighted by atomic mass is 19.1. The highest BCUT2D eigenvalue weighted by Gasteiger charge is 2.48. The number of benzene rings is 2. The zero-order valence-corrected chi connectivity index (χ0v) is 20.9. The van der Waals surface area contributed by atoms with Gasteiger partial charge in [-0.15, -0.1) is 0 Å². The number of halogens is 1. The first-order valence-electron chi connectivity index (χ1n) is 13.0. The molecule has 6 rings (SSSR count). The molecule has 1 atom stereocenters. The zero-order valence-electron chi connectivity index (χ0n) is 20.9. The molecule has 2 aromatic rings. The van der Waals surface area contributed by atoms with Crippen molar-refractivity contribution in [3.8, 4) is 5.75 Å². The lowest BCUT2D eigenvalue weighted by atomic mass is 9.61. The molecular formula is C28H29FN4O5. The SMILES string of the molecule is NC(=O)c1ccc(OC2CC3(CCN(c4cccc5c4CN(C4CCC(=O)NC4=O)C5=O)CC3)C2)cc1F. The van der Waals surface area contributed by atoms with Crippen molar-refractivity contribution in [2.75, 3.05) is 18.0 Å². The Kier molecular flexibility index (Phi) is 5.85. The first kappa shape index (κ1) is 24.4. The Morgan fingerprint density at radius 3 is 2.55 bits per heavy atom. The summed E-state index contributed by atoms with van der Waals surface area (Å²) in [5, 5.41) is 2.35. The second kappa shape index (κ2) is 9.11. The van der Waals surface area contributed by atoms with Crippen molar-refractivity contribution in [1.29, 1.82) is 0 Å². The van der Waals surface area contributed by atoms with Crippen molar-refractivity contribution in [3.05, 3.63) is 58.9 Å². The van der Waals surface area contributed by atoms with E-state index in [0.717, 1.165) is 50.0 Å². The number of nitrogens with two attached hydrogens (primary N) is 1. The number of hydrogen-bond acceptors (Lipinski definition) is 6. The van der Waals surface area contributed by atoms with Gasteiger partial charge >= 0.3 is 0 Å². The molecule has 10 heteroatoms. The second-order valence-electron chi connectivity index (χ2n) is 10.8. The molecule has 2 aromatic carbocycles. The Bertz CT molecular complexity index is 1340. The average molecular weight is 521 g/mol. The molecule has 4 amide bonds. The second-order valence-corrected chi connectivity index (χ2v) is 10.8. The first-order chi connectivity index (χ1) is 18.2. The maximum Gasteiger partial charge on any atom is 0.255 e. The van der Waals surface area contributed by atoms with Crippen molar-refractivity contribution in [3.63, 3.8) is 0 Å². The van der Waals surface area contributed by atoms with Gasteiger partial charge in [0, 0.05) is 48.9 Å². The monoisotopic (exact) mass is 520 g/mol. The summed E-state index contributed by atoms with van der Waals surface area (Å²) in [6.07, 6.45) is 4.31. The number of amides is 4. The summed E-state index contributed by atoms with van der Waals surface area (Å²) in [4.78, 5) is 52.3. The molecule has 4 aliphatic rings. The highest BCUT2D eigenvalue weighted by molar-refractivity contribution is 6.06. The van der Waals surface area contributed by atoms with E-state index in [1.807, 2.05) is 18.2 Å². The van der Waals surface area contributed by atoms with Crippen molar-refractivity contribution >= 4 is 29.3 Å². The number of nitrogens with one attached hydrogen (secondary N) is 1. The fraction of sp³-hybridized carbons (Fsp3) is 0.429. The number of anilines is 1. The maximum absolute atomic E-state index is 14.1. The molecule has 2 saturated heterocycles. The predicted octanol–water partition coefficient (Wildman–Crippen LogP) is 2.51. The van der Waals surface area contributed by atoms with Crippen LogP contribution in [0, 0.1) is 11.2 Å². The fourth-order valence-corrected chi connectivity index (χ4v) is 6.45. The number of primary amides is 1. The summed E-state index contributed by atoms with van der Waals surface area (Å²) in [5.41, 5.74) is 7.79. The van der Waals surface area contributed by atoms with Crippen LogP contribution in [0.5, 0.6) is 5.75 Å². The van der Waals surface area contributed by atoms with Crippen LogP contribution in [0.1, 0.15) is 64.8 Å². The lowest BCUT2D eigenvalue weighted by Crippen LogP contribution is -2.52. The maximum atomic E-state index is 14.1. The number of nitrogens with zero attached hydrogens (tertiary/aromatic N) is 2. The molecule has 3 fully saturated rings. The minimum atomic E-state index is -0.805. The van der Waals surface area contributed by atoms with Gasteiger partial charge in [-0.2, -0.15) is 0 Å². The number of rotatable bonds is 5. The normalized spacial score (nSPS) is 22.8. The number of imide groups is 1. The number of carbonyl (C=O) groups is 4. The van der Waals surface area contributed by atoms with Crippen molar-refractivity contribution in [2.24, 2.45) is 11.1 Å². The van der Waals surface area contributed by atoms with E-state index < -0.39 is 23.7 Å². The van der Waals surface area contributed by atoms with Crippen LogP contribution in [0.25, 0.3) is 0 Å². The Morgan fingerprint density at radius 2 is 1.87 bits per heavy atom. The number of piperidine rings is 2. The molecule has 0 radical (unpaired) electrons. The number of fused-ring (bicyclic) bond motifs is 1. The van der Waals surface area contributed by atoms with Crippen LogP contribution >= 0.6 is 0 Å². The van der Waals surface area contributed by atoms with Gasteiger partial charge in [-0.3, -0.25) is 24.5 Å². The van der Waals surface area contributed by atoms with Crippen molar-refractivity contribution < 1.29 is 28.3 Å². The third-order valence-corrected chi connectivity index (χ3v) is 8.55. The van der Waals surface area contributed by atoms with Gasteiger partial charge in [-0.05, 0) is 61.8 Å². The smallest absolute Gasteiger partial charge is 0.255 e. The predicted molar refractivity (Wildman–Crippen MR) is 135 cm³/mol. The van der Waals surface area contributed by atoms with Gasteiger partial charge in [0.15, 0.2) is 0 Å². The van der Waals surface area contributed by atoms with E-state index in [-0.39, 0.29) is 35.3 Å². The van der Waals surface area contributed by atoms with Gasteiger partial charge in [0.25, 0.3) is 11.8 Å². The van der Waals surface area contributed by atoms with Gasteiger partial charge in [0.1, 0.15) is 17.6 Å². The van der Waals surface area contributed by atoms with E-state index in [1.165, 1.54) is 12.1 Å². The Balaban J connectivity index is 1.08. The molecule has 1 spiro atoms. The van der Waals surface area contributed by atoms with E-state index in [1.54, 1.807) is 11.0 Å². The summed E-state index contributed by atoms with van der Waals surface area (Å²) in [6.45, 7) is 2.05. The number of carbonyl (C=O) groups excluding carboxylic acids is 4. The zero-order chi connectivity index (χ0) is 26.6.